The van der Waals surface area contributed by atoms with E-state index < -0.39 is 5.54 Å². The van der Waals surface area contributed by atoms with E-state index in [2.05, 4.69) is 16.0 Å². The van der Waals surface area contributed by atoms with Crippen LogP contribution in [0, 0.1) is 11.3 Å². The first-order valence-corrected chi connectivity index (χ1v) is 6.31. The Morgan fingerprint density at radius 2 is 2.21 bits per heavy atom. The summed E-state index contributed by atoms with van der Waals surface area (Å²) in [4.78, 5) is 20.1. The van der Waals surface area contributed by atoms with Crippen molar-refractivity contribution >= 4 is 5.91 Å². The molecule has 0 aliphatic carbocycles. The number of pyridine rings is 1. The van der Waals surface area contributed by atoms with Gasteiger partial charge in [0.2, 0.25) is 5.91 Å². The number of amides is 1. The fraction of sp³-hybridized carbons (Fsp3) is 0.500. The van der Waals surface area contributed by atoms with Crippen molar-refractivity contribution in [3.05, 3.63) is 29.6 Å². The largest absolute Gasteiger partial charge is 0.343 e. The van der Waals surface area contributed by atoms with Crippen LogP contribution < -0.4 is 0 Å². The number of likely N-dealkylation sites (N-methyl/N-ethyl adjacent to an activating group) is 1. The highest BCUT2D eigenvalue weighted by Gasteiger charge is 2.40. The molecule has 1 aliphatic rings. The number of hydrogen-bond donors (Lipinski definition) is 0. The van der Waals surface area contributed by atoms with Crippen LogP contribution in [0.25, 0.3) is 0 Å². The minimum atomic E-state index is -0.546. The summed E-state index contributed by atoms with van der Waals surface area (Å²) in [5.41, 5.74) is 0.760. The maximum atomic E-state index is 12.2. The Kier molecular flexibility index (Phi) is 3.54. The molecule has 1 aromatic rings. The summed E-state index contributed by atoms with van der Waals surface area (Å²) in [5, 5.41) is 9.07. The van der Waals surface area contributed by atoms with Crippen molar-refractivity contribution in [1.82, 2.24) is 14.8 Å². The highest BCUT2D eigenvalue weighted by molar-refractivity contribution is 5.86. The maximum absolute atomic E-state index is 12.2. The molecule has 0 bridgehead atoms. The predicted octanol–water partition coefficient (Wildman–Crippen LogP) is 1.01. The van der Waals surface area contributed by atoms with E-state index in [0.29, 0.717) is 18.8 Å². The molecule has 0 aromatic carbocycles. The third kappa shape index (κ3) is 2.45. The van der Waals surface area contributed by atoms with Gasteiger partial charge >= 0.3 is 0 Å². The Morgan fingerprint density at radius 3 is 2.89 bits per heavy atom. The van der Waals surface area contributed by atoms with Crippen molar-refractivity contribution in [3.63, 3.8) is 0 Å². The zero-order valence-electron chi connectivity index (χ0n) is 11.6. The Hall–Kier alpha value is -1.93. The lowest BCUT2D eigenvalue weighted by Crippen LogP contribution is -2.61. The zero-order chi connectivity index (χ0) is 14.0. The highest BCUT2D eigenvalue weighted by Crippen LogP contribution is 2.24. The molecule has 5 heteroatoms. The van der Waals surface area contributed by atoms with Crippen LogP contribution in [0.15, 0.2) is 18.3 Å². The van der Waals surface area contributed by atoms with Crippen LogP contribution in [-0.4, -0.2) is 46.4 Å². The van der Waals surface area contributed by atoms with Crippen LogP contribution >= 0.6 is 0 Å². The average Bonchev–Trinajstić information content (AvgIpc) is 2.40. The van der Waals surface area contributed by atoms with Gasteiger partial charge < -0.3 is 4.90 Å². The number of nitriles is 1. The standard InChI is InChI=1S/C14H18N4O/c1-14(2)13(19)17(3)7-8-18(14)10-11-5-4-6-16-12(11)9-15/h4-6H,7-8,10H2,1-3H3. The van der Waals surface area contributed by atoms with E-state index in [1.807, 2.05) is 33.0 Å². The van der Waals surface area contributed by atoms with Crippen molar-refractivity contribution in [2.24, 2.45) is 0 Å². The van der Waals surface area contributed by atoms with Crippen LogP contribution in [0.4, 0.5) is 0 Å². The number of carbonyl (C=O) groups is 1. The fourth-order valence-electron chi connectivity index (χ4n) is 2.40. The molecule has 2 rings (SSSR count). The molecule has 1 aromatic heterocycles. The molecule has 1 aliphatic heterocycles. The van der Waals surface area contributed by atoms with Crippen molar-refractivity contribution in [3.8, 4) is 6.07 Å². The Balaban J connectivity index is 2.24. The molecule has 2 heterocycles. The minimum absolute atomic E-state index is 0.112. The van der Waals surface area contributed by atoms with E-state index >= 15 is 0 Å². The van der Waals surface area contributed by atoms with Crippen molar-refractivity contribution in [1.29, 1.82) is 5.26 Å². The third-order valence-corrected chi connectivity index (χ3v) is 3.72. The lowest BCUT2D eigenvalue weighted by molar-refractivity contribution is -0.147. The Bertz CT molecular complexity index is 532. The molecule has 0 spiro atoms. The molecule has 0 atom stereocenters. The summed E-state index contributed by atoms with van der Waals surface area (Å²) in [5.74, 6) is 0.112. The quantitative estimate of drug-likeness (QED) is 0.794. The number of hydrogen-bond acceptors (Lipinski definition) is 4. The van der Waals surface area contributed by atoms with E-state index in [-0.39, 0.29) is 5.91 Å². The van der Waals surface area contributed by atoms with Gasteiger partial charge in [-0.1, -0.05) is 6.07 Å². The number of piperazine rings is 1. The first-order valence-electron chi connectivity index (χ1n) is 6.31. The molecule has 0 saturated carbocycles. The van der Waals surface area contributed by atoms with Gasteiger partial charge in [0.25, 0.3) is 0 Å². The summed E-state index contributed by atoms with van der Waals surface area (Å²) in [6, 6.07) is 5.81. The lowest BCUT2D eigenvalue weighted by atomic mass is 9.96. The van der Waals surface area contributed by atoms with Crippen LogP contribution in [0.1, 0.15) is 25.1 Å². The van der Waals surface area contributed by atoms with Crippen LogP contribution in [0.2, 0.25) is 0 Å². The predicted molar refractivity (Wildman–Crippen MR) is 71.1 cm³/mol. The van der Waals surface area contributed by atoms with Gasteiger partial charge in [0.1, 0.15) is 11.8 Å². The molecule has 1 saturated heterocycles. The molecule has 19 heavy (non-hydrogen) atoms. The van der Waals surface area contributed by atoms with Crippen molar-refractivity contribution in [2.75, 3.05) is 20.1 Å². The van der Waals surface area contributed by atoms with Crippen LogP contribution in [0.5, 0.6) is 0 Å². The molecule has 0 unspecified atom stereocenters. The fourth-order valence-corrected chi connectivity index (χ4v) is 2.40. The van der Waals surface area contributed by atoms with Gasteiger partial charge in [0.15, 0.2) is 0 Å². The van der Waals surface area contributed by atoms with Gasteiger partial charge in [-0.2, -0.15) is 5.26 Å². The molecular formula is C14H18N4O. The minimum Gasteiger partial charge on any atom is -0.343 e. The molecular weight excluding hydrogens is 240 g/mol. The van der Waals surface area contributed by atoms with E-state index in [9.17, 15) is 4.79 Å². The van der Waals surface area contributed by atoms with E-state index in [0.717, 1.165) is 12.1 Å². The van der Waals surface area contributed by atoms with Crippen LogP contribution in [-0.2, 0) is 11.3 Å². The number of carbonyl (C=O) groups excluding carboxylic acids is 1. The Labute approximate surface area is 113 Å². The second-order valence-electron chi connectivity index (χ2n) is 5.33. The first kappa shape index (κ1) is 13.5. The molecule has 100 valence electrons. The summed E-state index contributed by atoms with van der Waals surface area (Å²) >= 11 is 0. The molecule has 0 N–H and O–H groups in total. The van der Waals surface area contributed by atoms with Gasteiger partial charge in [-0.15, -0.1) is 0 Å². The number of aromatic nitrogens is 1. The monoisotopic (exact) mass is 258 g/mol. The van der Waals surface area contributed by atoms with Gasteiger partial charge in [-0.25, -0.2) is 4.98 Å². The molecule has 5 nitrogen and oxygen atoms in total. The van der Waals surface area contributed by atoms with E-state index in [1.165, 1.54) is 0 Å². The SMILES string of the molecule is CN1CCN(Cc2cccnc2C#N)C(C)(C)C1=O. The van der Waals surface area contributed by atoms with E-state index in [4.69, 9.17) is 5.26 Å². The van der Waals surface area contributed by atoms with Gasteiger partial charge in [-0.05, 0) is 19.9 Å². The smallest absolute Gasteiger partial charge is 0.242 e. The normalized spacial score (nSPS) is 19.3. The summed E-state index contributed by atoms with van der Waals surface area (Å²) < 4.78 is 0. The topological polar surface area (TPSA) is 60.2 Å². The lowest BCUT2D eigenvalue weighted by Gasteiger charge is -2.44. The zero-order valence-corrected chi connectivity index (χ0v) is 11.6. The summed E-state index contributed by atoms with van der Waals surface area (Å²) in [6.07, 6.45) is 1.61. The third-order valence-electron chi connectivity index (χ3n) is 3.72. The number of nitrogens with zero attached hydrogens (tertiary/aromatic N) is 4. The molecule has 0 radical (unpaired) electrons. The maximum Gasteiger partial charge on any atom is 0.242 e. The first-order chi connectivity index (χ1) is 8.96. The van der Waals surface area contributed by atoms with Crippen molar-refractivity contribution < 1.29 is 4.79 Å². The van der Waals surface area contributed by atoms with Crippen LogP contribution in [0.3, 0.4) is 0 Å². The van der Waals surface area contributed by atoms with E-state index in [1.54, 1.807) is 11.1 Å². The van der Waals surface area contributed by atoms with Gasteiger partial charge in [0, 0.05) is 38.4 Å². The second kappa shape index (κ2) is 4.98. The summed E-state index contributed by atoms with van der Waals surface area (Å²) in [7, 11) is 1.83. The van der Waals surface area contributed by atoms with Gasteiger partial charge in [-0.3, -0.25) is 9.69 Å². The Morgan fingerprint density at radius 1 is 1.47 bits per heavy atom. The average molecular weight is 258 g/mol. The molecule has 1 fully saturated rings. The van der Waals surface area contributed by atoms with Crippen molar-refractivity contribution in [2.45, 2.75) is 25.9 Å². The second-order valence-corrected chi connectivity index (χ2v) is 5.33. The number of rotatable bonds is 2. The highest BCUT2D eigenvalue weighted by atomic mass is 16.2. The van der Waals surface area contributed by atoms with Gasteiger partial charge in [0.05, 0.1) is 5.54 Å². The molecule has 1 amide bonds. The summed E-state index contributed by atoms with van der Waals surface area (Å²) in [6.45, 7) is 5.93.